The van der Waals surface area contributed by atoms with Crippen LogP contribution in [0.4, 0.5) is 0 Å². The minimum absolute atomic E-state index is 0.0939. The summed E-state index contributed by atoms with van der Waals surface area (Å²) in [5, 5.41) is 9.00. The molecule has 1 aliphatic rings. The molecule has 3 rings (SSSR count). The van der Waals surface area contributed by atoms with Gasteiger partial charge in [-0.25, -0.2) is 4.68 Å². The van der Waals surface area contributed by atoms with E-state index < -0.39 is 0 Å². The van der Waals surface area contributed by atoms with Crippen molar-refractivity contribution < 1.29 is 9.59 Å². The molecule has 2 N–H and O–H groups in total. The highest BCUT2D eigenvalue weighted by Gasteiger charge is 2.26. The first kappa shape index (κ1) is 15.8. The molecule has 23 heavy (non-hydrogen) atoms. The third kappa shape index (κ3) is 3.32. The molecule has 9 heteroatoms. The van der Waals surface area contributed by atoms with Crippen LogP contribution in [0.3, 0.4) is 0 Å². The summed E-state index contributed by atoms with van der Waals surface area (Å²) in [4.78, 5) is 24.9. The van der Waals surface area contributed by atoms with Gasteiger partial charge in [-0.2, -0.15) is 0 Å². The van der Waals surface area contributed by atoms with E-state index in [9.17, 15) is 9.59 Å². The number of aromatic nitrogens is 3. The van der Waals surface area contributed by atoms with Gasteiger partial charge in [-0.1, -0.05) is 35.5 Å². The van der Waals surface area contributed by atoms with Crippen molar-refractivity contribution in [1.29, 1.82) is 0 Å². The Morgan fingerprint density at radius 3 is 2.91 bits per heavy atom. The predicted octanol–water partition coefficient (Wildman–Crippen LogP) is 1.55. The number of amides is 2. The third-order valence-corrected chi connectivity index (χ3v) is 4.61. The van der Waals surface area contributed by atoms with Gasteiger partial charge in [-0.3, -0.25) is 14.5 Å². The predicted molar refractivity (Wildman–Crippen MR) is 87.3 cm³/mol. The van der Waals surface area contributed by atoms with Gasteiger partial charge in [-0.05, 0) is 18.6 Å². The Hall–Kier alpha value is -2.06. The van der Waals surface area contributed by atoms with Crippen molar-refractivity contribution in [2.75, 3.05) is 18.1 Å². The van der Waals surface area contributed by atoms with Gasteiger partial charge in [0.2, 0.25) is 17.0 Å². The number of halogens is 1. The van der Waals surface area contributed by atoms with Crippen molar-refractivity contribution in [3.8, 4) is 11.4 Å². The first-order valence-electron chi connectivity index (χ1n) is 6.98. The zero-order valence-electron chi connectivity index (χ0n) is 12.1. The Kier molecular flexibility index (Phi) is 4.53. The summed E-state index contributed by atoms with van der Waals surface area (Å²) in [6.07, 6.45) is 1.16. The van der Waals surface area contributed by atoms with E-state index in [0.29, 0.717) is 29.0 Å². The smallest absolute Gasteiger partial charge is 0.239 e. The van der Waals surface area contributed by atoms with Crippen LogP contribution in [0.2, 0.25) is 5.02 Å². The Balaban J connectivity index is 1.70. The van der Waals surface area contributed by atoms with Crippen molar-refractivity contribution in [1.82, 2.24) is 19.8 Å². The number of thioether (sulfide) groups is 1. The van der Waals surface area contributed by atoms with E-state index in [1.54, 1.807) is 18.2 Å². The van der Waals surface area contributed by atoms with Crippen molar-refractivity contribution in [2.24, 2.45) is 0 Å². The van der Waals surface area contributed by atoms with E-state index in [1.165, 1.54) is 9.58 Å². The van der Waals surface area contributed by atoms with Crippen molar-refractivity contribution in [2.45, 2.75) is 18.0 Å². The van der Waals surface area contributed by atoms with Crippen LogP contribution in [0, 0.1) is 0 Å². The van der Waals surface area contributed by atoms with Crippen LogP contribution >= 0.6 is 23.4 Å². The van der Waals surface area contributed by atoms with Crippen LogP contribution in [-0.2, 0) is 9.59 Å². The molecule has 0 saturated carbocycles. The Bertz CT molecular complexity index is 763. The molecule has 2 amide bonds. The second-order valence-electron chi connectivity index (χ2n) is 5.02. The summed E-state index contributed by atoms with van der Waals surface area (Å²) in [5.74, 6) is 6.19. The van der Waals surface area contributed by atoms with Gasteiger partial charge in [-0.15, -0.1) is 10.2 Å². The normalized spacial score (nSPS) is 14.5. The lowest BCUT2D eigenvalue weighted by atomic mass is 10.2. The van der Waals surface area contributed by atoms with E-state index in [2.05, 4.69) is 10.2 Å². The number of imide groups is 1. The zero-order chi connectivity index (χ0) is 16.4. The number of rotatable bonds is 4. The number of benzene rings is 1. The topological polar surface area (TPSA) is 94.1 Å². The van der Waals surface area contributed by atoms with Crippen LogP contribution in [0.5, 0.6) is 0 Å². The summed E-state index contributed by atoms with van der Waals surface area (Å²) >= 11 is 7.11. The molecule has 0 radical (unpaired) electrons. The molecule has 0 unspecified atom stereocenters. The quantitative estimate of drug-likeness (QED) is 0.663. The lowest BCUT2D eigenvalue weighted by Gasteiger charge is -2.12. The van der Waals surface area contributed by atoms with Gasteiger partial charge in [0, 0.05) is 23.6 Å². The van der Waals surface area contributed by atoms with Gasteiger partial charge >= 0.3 is 0 Å². The van der Waals surface area contributed by atoms with E-state index in [1.807, 2.05) is 6.07 Å². The minimum Gasteiger partial charge on any atom is -0.335 e. The molecule has 7 nitrogen and oxygen atoms in total. The molecule has 0 aliphatic carbocycles. The molecule has 1 fully saturated rings. The summed E-state index contributed by atoms with van der Waals surface area (Å²) in [6, 6.07) is 7.10. The average molecular weight is 352 g/mol. The molecule has 0 bridgehead atoms. The number of carbonyl (C=O) groups is 2. The molecule has 1 aromatic heterocycles. The van der Waals surface area contributed by atoms with Gasteiger partial charge < -0.3 is 5.84 Å². The van der Waals surface area contributed by atoms with E-state index in [-0.39, 0.29) is 17.6 Å². The maximum atomic E-state index is 12.0. The fourth-order valence-corrected chi connectivity index (χ4v) is 3.24. The molecule has 1 aromatic carbocycles. The lowest BCUT2D eigenvalue weighted by Crippen LogP contribution is -2.33. The molecule has 120 valence electrons. The first-order valence-corrected chi connectivity index (χ1v) is 8.35. The van der Waals surface area contributed by atoms with Gasteiger partial charge in [0.05, 0.1) is 5.75 Å². The van der Waals surface area contributed by atoms with E-state index in [4.69, 9.17) is 17.4 Å². The fourth-order valence-electron chi connectivity index (χ4n) is 2.32. The monoisotopic (exact) mass is 351 g/mol. The second kappa shape index (κ2) is 6.59. The number of likely N-dealkylation sites (tertiary alicyclic amines) is 1. The Labute approximate surface area is 141 Å². The highest BCUT2D eigenvalue weighted by atomic mass is 35.5. The third-order valence-electron chi connectivity index (χ3n) is 3.45. The lowest BCUT2D eigenvalue weighted by molar-refractivity contribution is -0.140. The molecular weight excluding hydrogens is 338 g/mol. The molecular formula is C14H14ClN5O2S. The number of nitrogens with zero attached hydrogens (tertiary/aromatic N) is 4. The second-order valence-corrected chi connectivity index (χ2v) is 6.40. The number of carbonyl (C=O) groups excluding carboxylic acids is 2. The average Bonchev–Trinajstić information content (AvgIpc) is 3.11. The van der Waals surface area contributed by atoms with Crippen molar-refractivity contribution >= 4 is 35.2 Å². The minimum atomic E-state index is -0.232. The van der Waals surface area contributed by atoms with Crippen LogP contribution in [-0.4, -0.2) is 43.9 Å². The van der Waals surface area contributed by atoms with E-state index in [0.717, 1.165) is 23.7 Å². The molecule has 1 saturated heterocycles. The summed E-state index contributed by atoms with van der Waals surface area (Å²) in [7, 11) is 0. The molecule has 0 spiro atoms. The summed E-state index contributed by atoms with van der Waals surface area (Å²) in [5.41, 5.74) is 0.736. The van der Waals surface area contributed by atoms with Gasteiger partial charge in [0.25, 0.3) is 0 Å². The first-order chi connectivity index (χ1) is 11.1. The standard InChI is InChI=1S/C14H14ClN5O2S/c15-10-4-1-3-9(7-10)13-17-18-14(20(13)16)23-8-12(22)19-6-2-5-11(19)21/h1,3-4,7H,2,5-6,8,16H2. The molecule has 2 heterocycles. The molecule has 2 aromatic rings. The molecule has 1 aliphatic heterocycles. The SMILES string of the molecule is Nn1c(SCC(=O)N2CCCC2=O)nnc1-c1cccc(Cl)c1. The number of hydrogen-bond acceptors (Lipinski definition) is 6. The highest BCUT2D eigenvalue weighted by molar-refractivity contribution is 7.99. The van der Waals surface area contributed by atoms with Crippen LogP contribution in [0.15, 0.2) is 29.4 Å². The Morgan fingerprint density at radius 1 is 1.39 bits per heavy atom. The zero-order valence-corrected chi connectivity index (χ0v) is 13.7. The van der Waals surface area contributed by atoms with Crippen LogP contribution in [0.1, 0.15) is 12.8 Å². The van der Waals surface area contributed by atoms with Gasteiger partial charge in [0.1, 0.15) is 0 Å². The van der Waals surface area contributed by atoms with Crippen molar-refractivity contribution in [3.63, 3.8) is 0 Å². The Morgan fingerprint density at radius 2 is 2.22 bits per heavy atom. The largest absolute Gasteiger partial charge is 0.335 e. The number of nitrogen functional groups attached to an aromatic ring is 1. The highest BCUT2D eigenvalue weighted by Crippen LogP contribution is 2.24. The maximum Gasteiger partial charge on any atom is 0.239 e. The van der Waals surface area contributed by atoms with Crippen LogP contribution < -0.4 is 5.84 Å². The maximum absolute atomic E-state index is 12.0. The summed E-state index contributed by atoms with van der Waals surface area (Å²) in [6.45, 7) is 0.487. The summed E-state index contributed by atoms with van der Waals surface area (Å²) < 4.78 is 1.31. The fraction of sp³-hybridized carbons (Fsp3) is 0.286. The van der Waals surface area contributed by atoms with Crippen molar-refractivity contribution in [3.05, 3.63) is 29.3 Å². The molecule has 0 atom stereocenters. The van der Waals surface area contributed by atoms with Gasteiger partial charge in [0.15, 0.2) is 5.82 Å². The van der Waals surface area contributed by atoms with Crippen LogP contribution in [0.25, 0.3) is 11.4 Å². The number of hydrogen-bond donors (Lipinski definition) is 1. The number of nitrogens with two attached hydrogens (primary N) is 1. The van der Waals surface area contributed by atoms with E-state index >= 15 is 0 Å².